The number of aromatic nitrogens is 3. The van der Waals surface area contributed by atoms with E-state index in [-0.39, 0.29) is 5.91 Å². The molecular formula is C20H22ClN5O. The fraction of sp³-hybridized carbons (Fsp3) is 0.350. The highest BCUT2D eigenvalue weighted by Gasteiger charge is 2.24. The summed E-state index contributed by atoms with van der Waals surface area (Å²) in [7, 11) is 1.94. The zero-order valence-electron chi connectivity index (χ0n) is 15.2. The predicted octanol–water partition coefficient (Wildman–Crippen LogP) is 3.02. The molecule has 3 heterocycles. The number of fused-ring (bicyclic) bond motifs is 1. The van der Waals surface area contributed by atoms with E-state index >= 15 is 0 Å². The Kier molecular flexibility index (Phi) is 5.09. The molecule has 0 radical (unpaired) electrons. The molecule has 1 saturated heterocycles. The van der Waals surface area contributed by atoms with E-state index in [1.165, 1.54) is 0 Å². The molecule has 1 aliphatic heterocycles. The van der Waals surface area contributed by atoms with Crippen molar-refractivity contribution >= 4 is 28.4 Å². The van der Waals surface area contributed by atoms with Crippen LogP contribution in [-0.2, 0) is 13.6 Å². The molecule has 1 aromatic carbocycles. The third-order valence-electron chi connectivity index (χ3n) is 5.17. The predicted molar refractivity (Wildman–Crippen MR) is 106 cm³/mol. The lowest BCUT2D eigenvalue weighted by molar-refractivity contribution is 0.0704. The van der Waals surface area contributed by atoms with Crippen LogP contribution in [0.3, 0.4) is 0 Å². The Morgan fingerprint density at radius 3 is 2.70 bits per heavy atom. The molecular weight excluding hydrogens is 362 g/mol. The molecule has 4 rings (SSSR count). The highest BCUT2D eigenvalue weighted by atomic mass is 35.5. The summed E-state index contributed by atoms with van der Waals surface area (Å²) in [5.41, 5.74) is 2.71. The van der Waals surface area contributed by atoms with E-state index in [1.807, 2.05) is 34.8 Å². The first-order chi connectivity index (χ1) is 13.1. The largest absolute Gasteiger partial charge is 0.339 e. The van der Waals surface area contributed by atoms with Gasteiger partial charge in [-0.3, -0.25) is 14.5 Å². The van der Waals surface area contributed by atoms with E-state index in [9.17, 15) is 4.79 Å². The molecule has 0 spiro atoms. The van der Waals surface area contributed by atoms with Crippen LogP contribution in [0.25, 0.3) is 10.9 Å². The molecule has 27 heavy (non-hydrogen) atoms. The SMILES string of the molecule is Cn1nc(CNC2CCN(C(=O)c3ccncc3)CC2)c2c(Cl)cccc21. The van der Waals surface area contributed by atoms with Crippen molar-refractivity contribution in [2.24, 2.45) is 7.05 Å². The number of carbonyl (C=O) groups excluding carboxylic acids is 1. The van der Waals surface area contributed by atoms with E-state index in [2.05, 4.69) is 15.4 Å². The quantitative estimate of drug-likeness (QED) is 0.752. The molecule has 1 fully saturated rings. The van der Waals surface area contributed by atoms with Gasteiger partial charge in [-0.2, -0.15) is 5.10 Å². The molecule has 0 aliphatic carbocycles. The second kappa shape index (κ2) is 7.66. The molecule has 0 unspecified atom stereocenters. The number of likely N-dealkylation sites (tertiary alicyclic amines) is 1. The normalized spacial score (nSPS) is 15.4. The minimum absolute atomic E-state index is 0.0818. The first kappa shape index (κ1) is 17.9. The lowest BCUT2D eigenvalue weighted by Gasteiger charge is -2.32. The Hall–Kier alpha value is -2.44. The summed E-state index contributed by atoms with van der Waals surface area (Å²) in [6, 6.07) is 9.77. The average molecular weight is 384 g/mol. The van der Waals surface area contributed by atoms with Crippen molar-refractivity contribution in [1.82, 2.24) is 25.0 Å². The van der Waals surface area contributed by atoms with Gasteiger partial charge in [0.25, 0.3) is 5.91 Å². The lowest BCUT2D eigenvalue weighted by Crippen LogP contribution is -2.44. The van der Waals surface area contributed by atoms with Crippen LogP contribution < -0.4 is 5.32 Å². The second-order valence-corrected chi connectivity index (χ2v) is 7.29. The molecule has 0 atom stereocenters. The minimum Gasteiger partial charge on any atom is -0.339 e. The van der Waals surface area contributed by atoms with E-state index in [0.29, 0.717) is 18.2 Å². The number of pyridine rings is 1. The number of nitrogens with zero attached hydrogens (tertiary/aromatic N) is 4. The fourth-order valence-electron chi connectivity index (χ4n) is 3.68. The van der Waals surface area contributed by atoms with Crippen molar-refractivity contribution in [2.75, 3.05) is 13.1 Å². The van der Waals surface area contributed by atoms with Gasteiger partial charge in [0.2, 0.25) is 0 Å². The molecule has 7 heteroatoms. The molecule has 6 nitrogen and oxygen atoms in total. The summed E-state index contributed by atoms with van der Waals surface area (Å²) < 4.78 is 1.87. The maximum Gasteiger partial charge on any atom is 0.253 e. The first-order valence-corrected chi connectivity index (χ1v) is 9.54. The van der Waals surface area contributed by atoms with Crippen LogP contribution in [0.2, 0.25) is 5.02 Å². The monoisotopic (exact) mass is 383 g/mol. The number of hydrogen-bond acceptors (Lipinski definition) is 4. The van der Waals surface area contributed by atoms with Gasteiger partial charge in [0, 0.05) is 56.1 Å². The number of halogens is 1. The number of aryl methyl sites for hydroxylation is 1. The van der Waals surface area contributed by atoms with Gasteiger partial charge in [-0.15, -0.1) is 0 Å². The summed E-state index contributed by atoms with van der Waals surface area (Å²) in [5, 5.41) is 9.95. The van der Waals surface area contributed by atoms with Crippen molar-refractivity contribution in [3.8, 4) is 0 Å². The maximum atomic E-state index is 12.5. The van der Waals surface area contributed by atoms with Gasteiger partial charge in [0.05, 0.1) is 16.2 Å². The van der Waals surface area contributed by atoms with Crippen LogP contribution in [0.4, 0.5) is 0 Å². The molecule has 2 aromatic heterocycles. The van der Waals surface area contributed by atoms with Gasteiger partial charge in [0.1, 0.15) is 0 Å². The van der Waals surface area contributed by atoms with E-state index in [1.54, 1.807) is 24.5 Å². The van der Waals surface area contributed by atoms with E-state index < -0.39 is 0 Å². The lowest BCUT2D eigenvalue weighted by atomic mass is 10.0. The van der Waals surface area contributed by atoms with Crippen molar-refractivity contribution in [1.29, 1.82) is 0 Å². The molecule has 0 saturated carbocycles. The number of carbonyl (C=O) groups is 1. The molecule has 140 valence electrons. The number of amides is 1. The Labute approximate surface area is 163 Å². The topological polar surface area (TPSA) is 63.1 Å². The number of piperidine rings is 1. The van der Waals surface area contributed by atoms with Gasteiger partial charge in [0.15, 0.2) is 0 Å². The van der Waals surface area contributed by atoms with E-state index in [4.69, 9.17) is 11.6 Å². The Morgan fingerprint density at radius 2 is 1.96 bits per heavy atom. The van der Waals surface area contributed by atoms with Gasteiger partial charge >= 0.3 is 0 Å². The summed E-state index contributed by atoms with van der Waals surface area (Å²) in [6.07, 6.45) is 5.17. The number of hydrogen-bond donors (Lipinski definition) is 1. The molecule has 1 aliphatic rings. The van der Waals surface area contributed by atoms with Crippen LogP contribution in [-0.4, -0.2) is 44.7 Å². The standard InChI is InChI=1S/C20H22ClN5O/c1-25-18-4-2-3-16(21)19(18)17(24-25)13-23-15-7-11-26(12-8-15)20(27)14-5-9-22-10-6-14/h2-6,9-10,15,23H,7-8,11-13H2,1H3. The average Bonchev–Trinajstić information content (AvgIpc) is 3.04. The maximum absolute atomic E-state index is 12.5. The van der Waals surface area contributed by atoms with Crippen LogP contribution in [0.1, 0.15) is 28.9 Å². The first-order valence-electron chi connectivity index (χ1n) is 9.16. The zero-order chi connectivity index (χ0) is 18.8. The van der Waals surface area contributed by atoms with Crippen molar-refractivity contribution in [2.45, 2.75) is 25.4 Å². The zero-order valence-corrected chi connectivity index (χ0v) is 16.0. The number of benzene rings is 1. The van der Waals surface area contributed by atoms with E-state index in [0.717, 1.165) is 47.6 Å². The summed E-state index contributed by atoms with van der Waals surface area (Å²) in [5.74, 6) is 0.0818. The minimum atomic E-state index is 0.0818. The molecule has 3 aromatic rings. The summed E-state index contributed by atoms with van der Waals surface area (Å²) >= 11 is 6.38. The van der Waals surface area contributed by atoms with Crippen molar-refractivity contribution in [3.05, 3.63) is 59.0 Å². The van der Waals surface area contributed by atoms with Gasteiger partial charge in [-0.25, -0.2) is 0 Å². The highest BCUT2D eigenvalue weighted by Crippen LogP contribution is 2.26. The van der Waals surface area contributed by atoms with Crippen LogP contribution in [0.5, 0.6) is 0 Å². The molecule has 0 bridgehead atoms. The number of rotatable bonds is 4. The number of nitrogens with one attached hydrogen (secondary N) is 1. The summed E-state index contributed by atoms with van der Waals surface area (Å²) in [6.45, 7) is 2.18. The Morgan fingerprint density at radius 1 is 1.22 bits per heavy atom. The van der Waals surface area contributed by atoms with Crippen molar-refractivity contribution < 1.29 is 4.79 Å². The molecule has 1 N–H and O–H groups in total. The summed E-state index contributed by atoms with van der Waals surface area (Å²) in [4.78, 5) is 18.4. The Balaban J connectivity index is 1.36. The van der Waals surface area contributed by atoms with Crippen LogP contribution >= 0.6 is 11.6 Å². The highest BCUT2D eigenvalue weighted by molar-refractivity contribution is 6.35. The second-order valence-electron chi connectivity index (χ2n) is 6.89. The smallest absolute Gasteiger partial charge is 0.253 e. The Bertz CT molecular complexity index is 948. The third-order valence-corrected chi connectivity index (χ3v) is 5.48. The van der Waals surface area contributed by atoms with Gasteiger partial charge in [-0.1, -0.05) is 17.7 Å². The third kappa shape index (κ3) is 3.68. The van der Waals surface area contributed by atoms with Crippen LogP contribution in [0.15, 0.2) is 42.7 Å². The van der Waals surface area contributed by atoms with Gasteiger partial charge < -0.3 is 10.2 Å². The fourth-order valence-corrected chi connectivity index (χ4v) is 3.96. The van der Waals surface area contributed by atoms with Gasteiger partial charge in [-0.05, 0) is 37.1 Å². The van der Waals surface area contributed by atoms with Crippen LogP contribution in [0, 0.1) is 0 Å². The molecule has 1 amide bonds. The van der Waals surface area contributed by atoms with Crippen molar-refractivity contribution in [3.63, 3.8) is 0 Å².